The summed E-state index contributed by atoms with van der Waals surface area (Å²) in [7, 11) is 0. The summed E-state index contributed by atoms with van der Waals surface area (Å²) < 4.78 is 0. The van der Waals surface area contributed by atoms with Crippen molar-refractivity contribution in [3.8, 4) is 0 Å². The average molecular weight is 357 g/mol. The number of carbonyl (C=O) groups excluding carboxylic acids is 1. The molecule has 132 valence electrons. The van der Waals surface area contributed by atoms with E-state index in [2.05, 4.69) is 31.3 Å². The van der Waals surface area contributed by atoms with Gasteiger partial charge in [-0.3, -0.25) is 9.59 Å². The second-order valence-corrected chi connectivity index (χ2v) is 7.56. The number of carbonyl (C=O) groups is 2. The van der Waals surface area contributed by atoms with Gasteiger partial charge in [0.25, 0.3) is 5.91 Å². The first kappa shape index (κ1) is 19.1. The molecule has 0 saturated carbocycles. The number of nitrogens with one attached hydrogen (secondary N) is 1. The van der Waals surface area contributed by atoms with Gasteiger partial charge in [-0.15, -0.1) is 11.8 Å². The number of thioether (sulfide) groups is 1. The van der Waals surface area contributed by atoms with E-state index in [4.69, 9.17) is 5.11 Å². The Morgan fingerprint density at radius 1 is 1.04 bits per heavy atom. The molecule has 0 heterocycles. The van der Waals surface area contributed by atoms with Crippen molar-refractivity contribution < 1.29 is 14.7 Å². The second kappa shape index (κ2) is 8.72. The molecule has 5 heteroatoms. The van der Waals surface area contributed by atoms with Crippen LogP contribution in [0.2, 0.25) is 0 Å². The molecule has 0 spiro atoms. The number of carboxylic acid groups (broad SMARTS) is 1. The van der Waals surface area contributed by atoms with E-state index in [9.17, 15) is 9.59 Å². The number of carboxylic acids is 1. The van der Waals surface area contributed by atoms with Gasteiger partial charge in [0.15, 0.2) is 0 Å². The summed E-state index contributed by atoms with van der Waals surface area (Å²) in [6, 6.07) is 15.3. The zero-order valence-electron chi connectivity index (χ0n) is 14.7. The topological polar surface area (TPSA) is 66.4 Å². The van der Waals surface area contributed by atoms with Gasteiger partial charge in [-0.05, 0) is 36.1 Å². The maximum Gasteiger partial charge on any atom is 0.316 e. The molecule has 0 aromatic heterocycles. The molecule has 0 radical (unpaired) electrons. The van der Waals surface area contributed by atoms with Crippen molar-refractivity contribution in [2.75, 3.05) is 0 Å². The van der Waals surface area contributed by atoms with Crippen LogP contribution in [0.15, 0.2) is 53.4 Å². The molecule has 4 nitrogen and oxygen atoms in total. The van der Waals surface area contributed by atoms with Crippen molar-refractivity contribution in [2.24, 2.45) is 0 Å². The van der Waals surface area contributed by atoms with Crippen molar-refractivity contribution in [2.45, 2.75) is 43.4 Å². The van der Waals surface area contributed by atoms with Gasteiger partial charge in [-0.1, -0.05) is 50.2 Å². The summed E-state index contributed by atoms with van der Waals surface area (Å²) in [5.74, 6) is -0.622. The molecule has 1 atom stereocenters. The van der Waals surface area contributed by atoms with Crippen LogP contribution in [-0.4, -0.2) is 22.2 Å². The molecule has 0 bridgehead atoms. The van der Waals surface area contributed by atoms with Gasteiger partial charge in [0.05, 0.1) is 5.56 Å². The second-order valence-electron chi connectivity index (χ2n) is 6.17. The van der Waals surface area contributed by atoms with E-state index in [1.807, 2.05) is 12.1 Å². The smallest absolute Gasteiger partial charge is 0.316 e. The molecule has 0 aliphatic heterocycles. The fraction of sp³-hybridized carbons (Fsp3) is 0.300. The zero-order chi connectivity index (χ0) is 18.4. The fourth-order valence-corrected chi connectivity index (χ4v) is 3.22. The molecule has 0 saturated heterocycles. The van der Waals surface area contributed by atoms with E-state index in [1.165, 1.54) is 17.3 Å². The molecule has 0 aliphatic rings. The summed E-state index contributed by atoms with van der Waals surface area (Å²) in [5.41, 5.74) is 2.79. The Balaban J connectivity index is 2.04. The van der Waals surface area contributed by atoms with E-state index in [0.29, 0.717) is 22.9 Å². The summed E-state index contributed by atoms with van der Waals surface area (Å²) in [6.07, 6.45) is 0. The van der Waals surface area contributed by atoms with Crippen molar-refractivity contribution in [3.05, 3.63) is 65.2 Å². The quantitative estimate of drug-likeness (QED) is 0.725. The Morgan fingerprint density at radius 2 is 1.68 bits per heavy atom. The van der Waals surface area contributed by atoms with Gasteiger partial charge in [0, 0.05) is 11.4 Å². The molecule has 1 amide bonds. The van der Waals surface area contributed by atoms with Crippen LogP contribution < -0.4 is 5.32 Å². The van der Waals surface area contributed by atoms with Gasteiger partial charge in [-0.25, -0.2) is 0 Å². The van der Waals surface area contributed by atoms with Crippen LogP contribution in [0.25, 0.3) is 0 Å². The highest BCUT2D eigenvalue weighted by Gasteiger charge is 2.17. The van der Waals surface area contributed by atoms with E-state index in [1.54, 1.807) is 31.2 Å². The summed E-state index contributed by atoms with van der Waals surface area (Å²) >= 11 is 1.17. The van der Waals surface area contributed by atoms with Crippen LogP contribution in [0.5, 0.6) is 0 Å². The lowest BCUT2D eigenvalue weighted by molar-refractivity contribution is -0.136. The monoisotopic (exact) mass is 357 g/mol. The minimum Gasteiger partial charge on any atom is -0.480 e. The molecule has 0 fully saturated rings. The lowest BCUT2D eigenvalue weighted by Crippen LogP contribution is -2.23. The van der Waals surface area contributed by atoms with Crippen LogP contribution in [-0.2, 0) is 11.3 Å². The molecule has 2 aromatic carbocycles. The number of benzene rings is 2. The maximum absolute atomic E-state index is 12.5. The molecule has 2 rings (SSSR count). The number of amides is 1. The average Bonchev–Trinajstić information content (AvgIpc) is 2.60. The maximum atomic E-state index is 12.5. The zero-order valence-corrected chi connectivity index (χ0v) is 15.5. The van der Waals surface area contributed by atoms with Crippen molar-refractivity contribution in [1.82, 2.24) is 5.32 Å². The lowest BCUT2D eigenvalue weighted by Gasteiger charge is -2.12. The van der Waals surface area contributed by atoms with Crippen LogP contribution in [0.3, 0.4) is 0 Å². The van der Waals surface area contributed by atoms with E-state index in [-0.39, 0.29) is 5.91 Å². The largest absolute Gasteiger partial charge is 0.480 e. The van der Waals surface area contributed by atoms with Gasteiger partial charge < -0.3 is 10.4 Å². The predicted molar refractivity (Wildman–Crippen MR) is 101 cm³/mol. The first-order valence-electron chi connectivity index (χ1n) is 8.24. The van der Waals surface area contributed by atoms with E-state index >= 15 is 0 Å². The predicted octanol–water partition coefficient (Wildman–Crippen LogP) is 4.31. The first-order valence-corrected chi connectivity index (χ1v) is 9.12. The van der Waals surface area contributed by atoms with Crippen LogP contribution in [0.4, 0.5) is 0 Å². The molecule has 2 aromatic rings. The molecule has 1 unspecified atom stereocenters. The normalized spacial score (nSPS) is 12.0. The first-order chi connectivity index (χ1) is 11.9. The highest BCUT2D eigenvalue weighted by Crippen LogP contribution is 2.27. The van der Waals surface area contributed by atoms with Gasteiger partial charge in [0.2, 0.25) is 0 Å². The summed E-state index contributed by atoms with van der Waals surface area (Å²) in [5, 5.41) is 11.4. The third-order valence-corrected chi connectivity index (χ3v) is 5.05. The SMILES string of the molecule is CC(Sc1ccccc1C(=O)NCc1ccc(C(C)C)cc1)C(=O)O. The van der Waals surface area contributed by atoms with Crippen molar-refractivity contribution in [1.29, 1.82) is 0 Å². The molecule has 25 heavy (non-hydrogen) atoms. The standard InChI is InChI=1S/C20H23NO3S/c1-13(2)16-10-8-15(9-11-16)12-21-19(22)17-6-4-5-7-18(17)25-14(3)20(23)24/h4-11,13-14H,12H2,1-3H3,(H,21,22)(H,23,24). The fourth-order valence-electron chi connectivity index (χ4n) is 2.30. The third-order valence-electron chi connectivity index (χ3n) is 3.88. The third kappa shape index (κ3) is 5.36. The lowest BCUT2D eigenvalue weighted by atomic mass is 10.0. The Morgan fingerprint density at radius 3 is 2.28 bits per heavy atom. The Bertz CT molecular complexity index is 741. The van der Waals surface area contributed by atoms with Crippen LogP contribution >= 0.6 is 11.8 Å². The molecule has 2 N–H and O–H groups in total. The van der Waals surface area contributed by atoms with Crippen LogP contribution in [0.1, 0.15) is 48.2 Å². The van der Waals surface area contributed by atoms with E-state index in [0.717, 1.165) is 5.56 Å². The number of hydrogen-bond acceptors (Lipinski definition) is 3. The highest BCUT2D eigenvalue weighted by molar-refractivity contribution is 8.00. The Labute approximate surface area is 152 Å². The minimum absolute atomic E-state index is 0.200. The van der Waals surface area contributed by atoms with Gasteiger partial charge >= 0.3 is 5.97 Å². The molecular weight excluding hydrogens is 334 g/mol. The number of rotatable bonds is 7. The van der Waals surface area contributed by atoms with E-state index < -0.39 is 11.2 Å². The summed E-state index contributed by atoms with van der Waals surface area (Å²) in [6.45, 7) is 6.33. The Hall–Kier alpha value is -2.27. The number of aliphatic carboxylic acids is 1. The van der Waals surface area contributed by atoms with Crippen molar-refractivity contribution in [3.63, 3.8) is 0 Å². The van der Waals surface area contributed by atoms with Crippen LogP contribution in [0, 0.1) is 0 Å². The Kier molecular flexibility index (Phi) is 6.65. The molecular formula is C20H23NO3S. The number of hydrogen-bond donors (Lipinski definition) is 2. The van der Waals surface area contributed by atoms with Gasteiger partial charge in [0.1, 0.15) is 5.25 Å². The summed E-state index contributed by atoms with van der Waals surface area (Å²) in [4.78, 5) is 24.2. The highest BCUT2D eigenvalue weighted by atomic mass is 32.2. The van der Waals surface area contributed by atoms with Gasteiger partial charge in [-0.2, -0.15) is 0 Å². The molecule has 0 aliphatic carbocycles. The van der Waals surface area contributed by atoms with Crippen molar-refractivity contribution >= 4 is 23.6 Å². The minimum atomic E-state index is -0.898.